The van der Waals surface area contributed by atoms with Crippen molar-refractivity contribution in [3.8, 4) is 0 Å². The van der Waals surface area contributed by atoms with Crippen molar-refractivity contribution in [2.45, 2.75) is 6.42 Å². The molecule has 0 bridgehead atoms. The third-order valence-electron chi connectivity index (χ3n) is 2.58. The molecular weight excluding hydrogens is 287 g/mol. The highest BCUT2D eigenvalue weighted by Crippen LogP contribution is 2.25. The lowest BCUT2D eigenvalue weighted by Gasteiger charge is -2.02. The SMILES string of the molecule is Clc1cccc(Cc2nc(Cl)c3ccsc3n2)c1. The molecule has 90 valence electrons. The fraction of sp³-hybridized carbons (Fsp3) is 0.0769. The number of hydrogen-bond donors (Lipinski definition) is 0. The van der Waals surface area contributed by atoms with Gasteiger partial charge in [-0.1, -0.05) is 35.3 Å². The molecule has 0 aliphatic rings. The van der Waals surface area contributed by atoms with Crippen molar-refractivity contribution in [1.82, 2.24) is 9.97 Å². The Hall–Kier alpha value is -1.16. The number of rotatable bonds is 2. The van der Waals surface area contributed by atoms with E-state index in [1.807, 2.05) is 35.7 Å². The number of nitrogens with zero attached hydrogens (tertiary/aromatic N) is 2. The van der Waals surface area contributed by atoms with Gasteiger partial charge in [-0.3, -0.25) is 0 Å². The van der Waals surface area contributed by atoms with E-state index in [1.54, 1.807) is 11.3 Å². The van der Waals surface area contributed by atoms with Crippen LogP contribution in [0.5, 0.6) is 0 Å². The molecule has 0 saturated carbocycles. The molecular formula is C13H8Cl2N2S. The lowest BCUT2D eigenvalue weighted by Crippen LogP contribution is -1.96. The highest BCUT2D eigenvalue weighted by Gasteiger charge is 2.07. The highest BCUT2D eigenvalue weighted by molar-refractivity contribution is 7.16. The number of fused-ring (bicyclic) bond motifs is 1. The topological polar surface area (TPSA) is 25.8 Å². The second-order valence-electron chi connectivity index (χ2n) is 3.88. The second-order valence-corrected chi connectivity index (χ2v) is 5.57. The summed E-state index contributed by atoms with van der Waals surface area (Å²) in [5, 5.41) is 4.11. The molecule has 0 aliphatic carbocycles. The Morgan fingerprint density at radius 3 is 2.83 bits per heavy atom. The molecule has 0 N–H and O–H groups in total. The van der Waals surface area contributed by atoms with Gasteiger partial charge in [-0.05, 0) is 29.1 Å². The quantitative estimate of drug-likeness (QED) is 0.646. The summed E-state index contributed by atoms with van der Waals surface area (Å²) >= 11 is 13.7. The fourth-order valence-corrected chi connectivity index (χ4v) is 3.07. The zero-order valence-electron chi connectivity index (χ0n) is 9.23. The molecule has 2 heterocycles. The molecule has 0 spiro atoms. The van der Waals surface area contributed by atoms with E-state index in [1.165, 1.54) is 0 Å². The van der Waals surface area contributed by atoms with Gasteiger partial charge in [-0.25, -0.2) is 9.97 Å². The van der Waals surface area contributed by atoms with E-state index < -0.39 is 0 Å². The Bertz CT molecular complexity index is 709. The van der Waals surface area contributed by atoms with Crippen LogP contribution < -0.4 is 0 Å². The summed E-state index contributed by atoms with van der Waals surface area (Å²) in [7, 11) is 0. The van der Waals surface area contributed by atoms with E-state index in [0.29, 0.717) is 11.6 Å². The largest absolute Gasteiger partial charge is 0.222 e. The van der Waals surface area contributed by atoms with Crippen LogP contribution in [0.1, 0.15) is 11.4 Å². The molecule has 0 saturated heterocycles. The third kappa shape index (κ3) is 2.34. The molecule has 2 aromatic heterocycles. The Morgan fingerprint density at radius 1 is 1.11 bits per heavy atom. The molecule has 5 heteroatoms. The van der Waals surface area contributed by atoms with E-state index in [0.717, 1.165) is 26.6 Å². The van der Waals surface area contributed by atoms with Crippen molar-refractivity contribution < 1.29 is 0 Å². The van der Waals surface area contributed by atoms with Crippen molar-refractivity contribution in [1.29, 1.82) is 0 Å². The standard InChI is InChI=1S/C13H8Cl2N2S/c14-9-3-1-2-8(6-9)7-11-16-12(15)10-4-5-18-13(10)17-11/h1-6H,7H2. The molecule has 2 nitrogen and oxygen atoms in total. The summed E-state index contributed by atoms with van der Waals surface area (Å²) in [6, 6.07) is 9.62. The van der Waals surface area contributed by atoms with Gasteiger partial charge in [0.15, 0.2) is 0 Å². The van der Waals surface area contributed by atoms with Crippen molar-refractivity contribution >= 4 is 44.8 Å². The smallest absolute Gasteiger partial charge is 0.141 e. The zero-order chi connectivity index (χ0) is 12.5. The van der Waals surface area contributed by atoms with Crippen LogP contribution >= 0.6 is 34.5 Å². The van der Waals surface area contributed by atoms with Gasteiger partial charge >= 0.3 is 0 Å². The molecule has 0 atom stereocenters. The van der Waals surface area contributed by atoms with Crippen molar-refractivity contribution in [3.05, 3.63) is 57.3 Å². The summed E-state index contributed by atoms with van der Waals surface area (Å²) in [5.74, 6) is 0.720. The molecule has 0 fully saturated rings. The predicted molar refractivity (Wildman–Crippen MR) is 76.7 cm³/mol. The summed E-state index contributed by atoms with van der Waals surface area (Å²) in [5.41, 5.74) is 1.08. The maximum Gasteiger partial charge on any atom is 0.141 e. The minimum absolute atomic E-state index is 0.512. The van der Waals surface area contributed by atoms with Crippen molar-refractivity contribution in [3.63, 3.8) is 0 Å². The number of aromatic nitrogens is 2. The molecule has 3 aromatic rings. The van der Waals surface area contributed by atoms with Gasteiger partial charge in [-0.15, -0.1) is 11.3 Å². The minimum atomic E-state index is 0.512. The first-order chi connectivity index (χ1) is 8.72. The Morgan fingerprint density at radius 2 is 2.00 bits per heavy atom. The Labute approximate surface area is 118 Å². The highest BCUT2D eigenvalue weighted by atomic mass is 35.5. The maximum absolute atomic E-state index is 6.13. The van der Waals surface area contributed by atoms with Crippen molar-refractivity contribution in [2.24, 2.45) is 0 Å². The van der Waals surface area contributed by atoms with Crippen molar-refractivity contribution in [2.75, 3.05) is 0 Å². The predicted octanol–water partition coefficient (Wildman–Crippen LogP) is 4.59. The van der Waals surface area contributed by atoms with Crippen LogP contribution in [0.2, 0.25) is 10.2 Å². The monoisotopic (exact) mass is 294 g/mol. The van der Waals surface area contributed by atoms with E-state index in [4.69, 9.17) is 23.2 Å². The lowest BCUT2D eigenvalue weighted by molar-refractivity contribution is 0.997. The van der Waals surface area contributed by atoms with Crippen LogP contribution in [0.15, 0.2) is 35.7 Å². The molecule has 0 aliphatic heterocycles. The lowest BCUT2D eigenvalue weighted by atomic mass is 10.1. The third-order valence-corrected chi connectivity index (χ3v) is 3.91. The van der Waals surface area contributed by atoms with Gasteiger partial charge in [0.2, 0.25) is 0 Å². The maximum atomic E-state index is 6.13. The van der Waals surface area contributed by atoms with E-state index in [2.05, 4.69) is 9.97 Å². The van der Waals surface area contributed by atoms with E-state index in [-0.39, 0.29) is 0 Å². The molecule has 0 amide bonds. The molecule has 0 radical (unpaired) electrons. The average Bonchev–Trinajstić information content (AvgIpc) is 2.77. The van der Waals surface area contributed by atoms with Gasteiger partial charge in [0.25, 0.3) is 0 Å². The van der Waals surface area contributed by atoms with Crippen LogP contribution in [0.4, 0.5) is 0 Å². The molecule has 18 heavy (non-hydrogen) atoms. The van der Waals surface area contributed by atoms with Crippen LogP contribution in [0.25, 0.3) is 10.2 Å². The molecule has 0 unspecified atom stereocenters. The number of hydrogen-bond acceptors (Lipinski definition) is 3. The van der Waals surface area contributed by atoms with Crippen LogP contribution in [0.3, 0.4) is 0 Å². The number of halogens is 2. The number of thiophene rings is 1. The average molecular weight is 295 g/mol. The molecule has 1 aromatic carbocycles. The van der Waals surface area contributed by atoms with E-state index in [9.17, 15) is 0 Å². The van der Waals surface area contributed by atoms with Crippen LogP contribution in [-0.4, -0.2) is 9.97 Å². The summed E-state index contributed by atoms with van der Waals surface area (Å²) in [4.78, 5) is 9.74. The van der Waals surface area contributed by atoms with Gasteiger partial charge in [0, 0.05) is 16.8 Å². The van der Waals surface area contributed by atoms with Crippen LogP contribution in [-0.2, 0) is 6.42 Å². The van der Waals surface area contributed by atoms with Gasteiger partial charge < -0.3 is 0 Å². The second kappa shape index (κ2) is 4.84. The minimum Gasteiger partial charge on any atom is -0.222 e. The first-order valence-electron chi connectivity index (χ1n) is 5.36. The first-order valence-corrected chi connectivity index (χ1v) is 7.00. The van der Waals surface area contributed by atoms with E-state index >= 15 is 0 Å². The summed E-state index contributed by atoms with van der Waals surface area (Å²) in [6.07, 6.45) is 0.633. The summed E-state index contributed by atoms with van der Waals surface area (Å²) in [6.45, 7) is 0. The Kier molecular flexibility index (Phi) is 3.20. The summed E-state index contributed by atoms with van der Waals surface area (Å²) < 4.78 is 0. The van der Waals surface area contributed by atoms with Gasteiger partial charge in [0.1, 0.15) is 15.8 Å². The normalized spacial score (nSPS) is 11.0. The van der Waals surface area contributed by atoms with Gasteiger partial charge in [-0.2, -0.15) is 0 Å². The molecule has 3 rings (SSSR count). The first kappa shape index (κ1) is 11.9. The zero-order valence-corrected chi connectivity index (χ0v) is 11.6. The number of benzene rings is 1. The van der Waals surface area contributed by atoms with Gasteiger partial charge in [0.05, 0.1) is 0 Å². The van der Waals surface area contributed by atoms with Crippen LogP contribution in [0, 0.1) is 0 Å². The fourth-order valence-electron chi connectivity index (χ4n) is 1.77. The Balaban J connectivity index is 1.99.